The van der Waals surface area contributed by atoms with Crippen molar-refractivity contribution in [3.63, 3.8) is 0 Å². The van der Waals surface area contributed by atoms with Gasteiger partial charge in [-0.3, -0.25) is 9.59 Å². The van der Waals surface area contributed by atoms with Crippen LogP contribution in [-0.4, -0.2) is 53.2 Å². The number of piperidine rings is 1. The number of hydrogen-bond donors (Lipinski definition) is 1. The van der Waals surface area contributed by atoms with Crippen molar-refractivity contribution in [2.75, 3.05) is 13.1 Å². The Morgan fingerprint density at radius 2 is 2.22 bits per heavy atom. The van der Waals surface area contributed by atoms with Gasteiger partial charge in [0.1, 0.15) is 5.82 Å². The first kappa shape index (κ1) is 17.2. The largest absolute Gasteiger partial charge is 0.338 e. The zero-order valence-corrected chi connectivity index (χ0v) is 15.1. The topological polar surface area (TPSA) is 102 Å². The van der Waals surface area contributed by atoms with Crippen LogP contribution < -0.4 is 5.56 Å². The molecule has 1 atom stereocenters. The molecule has 1 saturated heterocycles. The number of nitrogens with zero attached hydrogens (tertiary/aromatic N) is 6. The van der Waals surface area contributed by atoms with Gasteiger partial charge >= 0.3 is 0 Å². The lowest BCUT2D eigenvalue weighted by molar-refractivity contribution is 0.0703. The monoisotopic (exact) mass is 367 g/mol. The fourth-order valence-electron chi connectivity index (χ4n) is 3.51. The van der Waals surface area contributed by atoms with E-state index in [0.717, 1.165) is 24.5 Å². The van der Waals surface area contributed by atoms with Crippen LogP contribution in [-0.2, 0) is 13.6 Å². The highest BCUT2D eigenvalue weighted by atomic mass is 16.2. The highest BCUT2D eigenvalue weighted by Gasteiger charge is 2.29. The maximum absolute atomic E-state index is 12.7. The van der Waals surface area contributed by atoms with Crippen molar-refractivity contribution in [3.05, 3.63) is 64.6 Å². The van der Waals surface area contributed by atoms with Crippen LogP contribution in [0.2, 0.25) is 0 Å². The molecule has 27 heavy (non-hydrogen) atoms. The normalized spacial score (nSPS) is 17.2. The van der Waals surface area contributed by atoms with Gasteiger partial charge in [-0.05, 0) is 18.9 Å². The third-order valence-corrected chi connectivity index (χ3v) is 4.99. The molecule has 1 N–H and O–H groups in total. The van der Waals surface area contributed by atoms with Crippen LogP contribution in [0, 0.1) is 0 Å². The summed E-state index contributed by atoms with van der Waals surface area (Å²) in [6, 6.07) is 2.94. The maximum atomic E-state index is 12.7. The zero-order chi connectivity index (χ0) is 18.8. The number of rotatable bonds is 4. The molecule has 9 heteroatoms. The number of likely N-dealkylation sites (tertiary alicyclic amines) is 1. The van der Waals surface area contributed by atoms with Gasteiger partial charge in [-0.25, -0.2) is 4.98 Å². The summed E-state index contributed by atoms with van der Waals surface area (Å²) in [4.78, 5) is 32.4. The summed E-state index contributed by atoms with van der Waals surface area (Å²) < 4.78 is 3.96. The molecule has 3 aromatic rings. The SMILES string of the molecule is Cn1c(Cn2ccnc2)nnc1[C@H]1CCCN(C(=O)c2ccc(=O)[nH]c2)C1. The van der Waals surface area contributed by atoms with Crippen molar-refractivity contribution in [2.24, 2.45) is 7.05 Å². The second-order valence-electron chi connectivity index (χ2n) is 6.80. The molecular formula is C18H21N7O2. The molecule has 1 aliphatic heterocycles. The second-order valence-corrected chi connectivity index (χ2v) is 6.80. The Kier molecular flexibility index (Phi) is 4.57. The van der Waals surface area contributed by atoms with Crippen LogP contribution >= 0.6 is 0 Å². The minimum atomic E-state index is -0.215. The van der Waals surface area contributed by atoms with Gasteiger partial charge in [-0.1, -0.05) is 0 Å². The molecule has 0 spiro atoms. The lowest BCUT2D eigenvalue weighted by atomic mass is 9.96. The van der Waals surface area contributed by atoms with Crippen LogP contribution in [0.1, 0.15) is 40.8 Å². The second kappa shape index (κ2) is 7.18. The molecule has 0 aromatic carbocycles. The fourth-order valence-corrected chi connectivity index (χ4v) is 3.51. The average Bonchev–Trinajstić information content (AvgIpc) is 3.33. The van der Waals surface area contributed by atoms with E-state index in [1.807, 2.05) is 27.3 Å². The van der Waals surface area contributed by atoms with E-state index >= 15 is 0 Å². The van der Waals surface area contributed by atoms with Crippen molar-refractivity contribution in [1.29, 1.82) is 0 Å². The van der Waals surface area contributed by atoms with E-state index in [1.165, 1.54) is 12.3 Å². The van der Waals surface area contributed by atoms with Gasteiger partial charge in [0.05, 0.1) is 18.4 Å². The predicted molar refractivity (Wildman–Crippen MR) is 97.3 cm³/mol. The van der Waals surface area contributed by atoms with Crippen LogP contribution in [0.3, 0.4) is 0 Å². The molecule has 0 unspecified atom stereocenters. The van der Waals surface area contributed by atoms with E-state index in [1.54, 1.807) is 18.6 Å². The molecule has 1 aliphatic rings. The Bertz CT molecular complexity index is 969. The van der Waals surface area contributed by atoms with Crippen molar-refractivity contribution in [3.8, 4) is 0 Å². The number of aromatic nitrogens is 6. The average molecular weight is 367 g/mol. The molecule has 4 heterocycles. The molecule has 0 radical (unpaired) electrons. The minimum Gasteiger partial charge on any atom is -0.338 e. The number of nitrogens with one attached hydrogen (secondary N) is 1. The van der Waals surface area contributed by atoms with Crippen LogP contribution in [0.25, 0.3) is 0 Å². The number of carbonyl (C=O) groups is 1. The summed E-state index contributed by atoms with van der Waals surface area (Å²) in [6.07, 6.45) is 8.72. The van der Waals surface area contributed by atoms with Gasteiger partial charge in [0, 0.05) is 50.7 Å². The number of H-pyrrole nitrogens is 1. The number of imidazole rings is 1. The number of amides is 1. The molecular weight excluding hydrogens is 346 g/mol. The summed E-state index contributed by atoms with van der Waals surface area (Å²) in [5.74, 6) is 1.81. The summed E-state index contributed by atoms with van der Waals surface area (Å²) in [7, 11) is 1.96. The van der Waals surface area contributed by atoms with Crippen molar-refractivity contribution in [2.45, 2.75) is 25.3 Å². The first-order valence-corrected chi connectivity index (χ1v) is 8.94. The first-order valence-electron chi connectivity index (χ1n) is 8.94. The van der Waals surface area contributed by atoms with Gasteiger partial charge in [0.2, 0.25) is 5.56 Å². The molecule has 1 fully saturated rings. The van der Waals surface area contributed by atoms with Gasteiger partial charge in [-0.2, -0.15) is 0 Å². The zero-order valence-electron chi connectivity index (χ0n) is 15.1. The van der Waals surface area contributed by atoms with Gasteiger partial charge in [-0.15, -0.1) is 10.2 Å². The summed E-state index contributed by atoms with van der Waals surface area (Å²) in [5, 5.41) is 8.72. The molecule has 1 amide bonds. The van der Waals surface area contributed by atoms with Gasteiger partial charge < -0.3 is 19.0 Å². The van der Waals surface area contributed by atoms with Gasteiger partial charge in [0.15, 0.2) is 5.82 Å². The Morgan fingerprint density at radius 1 is 1.33 bits per heavy atom. The van der Waals surface area contributed by atoms with E-state index in [4.69, 9.17) is 0 Å². The van der Waals surface area contributed by atoms with Gasteiger partial charge in [0.25, 0.3) is 5.91 Å². The molecule has 9 nitrogen and oxygen atoms in total. The van der Waals surface area contributed by atoms with E-state index in [9.17, 15) is 9.59 Å². The van der Waals surface area contributed by atoms with Crippen LogP contribution in [0.5, 0.6) is 0 Å². The Hall–Kier alpha value is -3.23. The summed E-state index contributed by atoms with van der Waals surface area (Å²) >= 11 is 0. The molecule has 0 aliphatic carbocycles. The molecule has 0 saturated carbocycles. The molecule has 4 rings (SSSR count). The molecule has 140 valence electrons. The Balaban J connectivity index is 1.50. The Labute approximate surface area is 155 Å². The predicted octanol–water partition coefficient (Wildman–Crippen LogP) is 0.768. The lowest BCUT2D eigenvalue weighted by Crippen LogP contribution is -2.40. The minimum absolute atomic E-state index is 0.0724. The standard InChI is InChI=1S/C18H21N7O2/c1-23-15(11-24-8-6-19-12-24)21-22-17(23)14-3-2-7-25(10-14)18(27)13-4-5-16(26)20-9-13/h4-6,8-9,12,14H,2-3,7,10-11H2,1H3,(H,20,26)/t14-/m0/s1. The highest BCUT2D eigenvalue weighted by Crippen LogP contribution is 2.26. The van der Waals surface area contributed by atoms with Crippen LogP contribution in [0.4, 0.5) is 0 Å². The smallest absolute Gasteiger partial charge is 0.255 e. The van der Waals surface area contributed by atoms with E-state index in [0.29, 0.717) is 25.2 Å². The number of aromatic amines is 1. The summed E-state index contributed by atoms with van der Waals surface area (Å²) in [6.45, 7) is 1.90. The van der Waals surface area contributed by atoms with Crippen molar-refractivity contribution < 1.29 is 4.79 Å². The third-order valence-electron chi connectivity index (χ3n) is 4.99. The number of pyridine rings is 1. The highest BCUT2D eigenvalue weighted by molar-refractivity contribution is 5.93. The Morgan fingerprint density at radius 3 is 2.96 bits per heavy atom. The van der Waals surface area contributed by atoms with E-state index in [-0.39, 0.29) is 17.4 Å². The first-order chi connectivity index (χ1) is 13.1. The van der Waals surface area contributed by atoms with Crippen molar-refractivity contribution >= 4 is 5.91 Å². The summed E-state index contributed by atoms with van der Waals surface area (Å²) in [5.41, 5.74) is 0.279. The van der Waals surface area contributed by atoms with Crippen LogP contribution in [0.15, 0.2) is 41.8 Å². The van der Waals surface area contributed by atoms with E-state index in [2.05, 4.69) is 20.2 Å². The molecule has 0 bridgehead atoms. The quantitative estimate of drug-likeness (QED) is 0.734. The third kappa shape index (κ3) is 3.53. The number of carbonyl (C=O) groups excluding carboxylic acids is 1. The van der Waals surface area contributed by atoms with E-state index < -0.39 is 0 Å². The maximum Gasteiger partial charge on any atom is 0.255 e. The molecule has 3 aromatic heterocycles. The van der Waals surface area contributed by atoms with Crippen molar-refractivity contribution in [1.82, 2.24) is 34.2 Å². The fraction of sp³-hybridized carbons (Fsp3) is 0.389. The lowest BCUT2D eigenvalue weighted by Gasteiger charge is -2.32. The number of hydrogen-bond acceptors (Lipinski definition) is 5.